The van der Waals surface area contributed by atoms with Gasteiger partial charge in [0.2, 0.25) is 0 Å². The van der Waals surface area contributed by atoms with Crippen molar-refractivity contribution in [3.8, 4) is 33.4 Å². The Morgan fingerprint density at radius 3 is 0.639 bits per heavy atom. The summed E-state index contributed by atoms with van der Waals surface area (Å²) in [7, 11) is 0. The van der Waals surface area contributed by atoms with Crippen LogP contribution in [0.3, 0.4) is 0 Å². The molecule has 0 saturated carbocycles. The van der Waals surface area contributed by atoms with E-state index in [4.69, 9.17) is 0 Å². The van der Waals surface area contributed by atoms with Gasteiger partial charge in [0, 0.05) is 0 Å². The number of hydrogen-bond acceptors (Lipinski definition) is 0. The van der Waals surface area contributed by atoms with E-state index >= 15 is 0 Å². The van der Waals surface area contributed by atoms with Crippen LogP contribution < -0.4 is 0 Å². The van der Waals surface area contributed by atoms with Crippen molar-refractivity contribution >= 4 is 0 Å². The second-order valence-electron chi connectivity index (χ2n) is 13.3. The van der Waals surface area contributed by atoms with E-state index in [2.05, 4.69) is 153 Å². The summed E-state index contributed by atoms with van der Waals surface area (Å²) in [6.07, 6.45) is 0. The molecule has 0 fully saturated rings. The maximum Gasteiger partial charge on any atom is -0.0132 e. The summed E-state index contributed by atoms with van der Waals surface area (Å²) in [6.45, 7) is 20.4. The average molecular weight is 475 g/mol. The largest absolute Gasteiger partial charge is 0.0579 e. The van der Waals surface area contributed by atoms with E-state index in [-0.39, 0.29) is 16.2 Å². The summed E-state index contributed by atoms with van der Waals surface area (Å²) in [5.41, 5.74) is 12.0. The normalized spacial score (nSPS) is 12.6. The molecule has 4 aromatic carbocycles. The maximum atomic E-state index is 2.34. The van der Waals surface area contributed by atoms with E-state index in [0.717, 1.165) is 0 Å². The third kappa shape index (κ3) is 5.81. The standard InChI is InChI=1S/C36H42/c1-34(2,3)31-16-10-25(11-17-31)28-22-29(26-12-18-32(19-13-26)35(4,5)6)24-30(23-28)27-14-20-33(21-15-27)36(7,8)9/h10-24H,1-9H3. The molecule has 0 unspecified atom stereocenters. The van der Waals surface area contributed by atoms with E-state index in [1.807, 2.05) is 0 Å². The van der Waals surface area contributed by atoms with Crippen molar-refractivity contribution in [2.24, 2.45) is 0 Å². The van der Waals surface area contributed by atoms with Gasteiger partial charge in [0.1, 0.15) is 0 Å². The zero-order valence-corrected chi connectivity index (χ0v) is 23.7. The monoisotopic (exact) mass is 474 g/mol. The van der Waals surface area contributed by atoms with Crippen molar-refractivity contribution in [2.75, 3.05) is 0 Å². The highest BCUT2D eigenvalue weighted by Crippen LogP contribution is 2.35. The Morgan fingerprint density at radius 1 is 0.278 bits per heavy atom. The van der Waals surface area contributed by atoms with Crippen molar-refractivity contribution in [1.82, 2.24) is 0 Å². The van der Waals surface area contributed by atoms with Crippen LogP contribution in [0.1, 0.15) is 79.0 Å². The average Bonchev–Trinajstić information content (AvgIpc) is 2.82. The van der Waals surface area contributed by atoms with Crippen LogP contribution in [-0.4, -0.2) is 0 Å². The van der Waals surface area contributed by atoms with Crippen LogP contribution in [0.15, 0.2) is 91.0 Å². The van der Waals surface area contributed by atoms with Crippen molar-refractivity contribution in [3.05, 3.63) is 108 Å². The van der Waals surface area contributed by atoms with Crippen molar-refractivity contribution in [3.63, 3.8) is 0 Å². The number of hydrogen-bond donors (Lipinski definition) is 0. The highest BCUT2D eigenvalue weighted by atomic mass is 14.2. The number of rotatable bonds is 3. The lowest BCUT2D eigenvalue weighted by Gasteiger charge is -2.20. The molecular formula is C36H42. The Hall–Kier alpha value is -3.12. The Bertz CT molecular complexity index is 1130. The lowest BCUT2D eigenvalue weighted by Crippen LogP contribution is -2.10. The smallest absolute Gasteiger partial charge is 0.0132 e. The molecule has 0 saturated heterocycles. The molecule has 0 bridgehead atoms. The van der Waals surface area contributed by atoms with Gasteiger partial charge in [-0.2, -0.15) is 0 Å². The zero-order valence-electron chi connectivity index (χ0n) is 23.7. The maximum absolute atomic E-state index is 2.34. The summed E-state index contributed by atoms with van der Waals surface area (Å²) in [4.78, 5) is 0. The highest BCUT2D eigenvalue weighted by Gasteiger charge is 2.16. The third-order valence-electron chi connectivity index (χ3n) is 7.19. The molecule has 0 N–H and O–H groups in total. The SMILES string of the molecule is CC(C)(C)c1ccc(-c2cc(-c3ccc(C(C)(C)C)cc3)cc(-c3ccc(C(C)(C)C)cc3)c2)cc1. The minimum Gasteiger partial charge on any atom is -0.0579 e. The van der Waals surface area contributed by atoms with E-state index in [9.17, 15) is 0 Å². The molecule has 0 spiro atoms. The van der Waals surface area contributed by atoms with Crippen LogP contribution in [0, 0.1) is 0 Å². The summed E-state index contributed by atoms with van der Waals surface area (Å²) in [6, 6.07) is 34.3. The minimum absolute atomic E-state index is 0.148. The molecule has 0 nitrogen and oxygen atoms in total. The van der Waals surface area contributed by atoms with E-state index in [1.54, 1.807) is 0 Å². The first-order chi connectivity index (χ1) is 16.7. The zero-order chi connectivity index (χ0) is 26.3. The summed E-state index contributed by atoms with van der Waals surface area (Å²) >= 11 is 0. The van der Waals surface area contributed by atoms with E-state index in [1.165, 1.54) is 50.1 Å². The molecular weight excluding hydrogens is 432 g/mol. The highest BCUT2D eigenvalue weighted by molar-refractivity contribution is 5.81. The molecule has 0 amide bonds. The fourth-order valence-electron chi connectivity index (χ4n) is 4.62. The number of benzene rings is 4. The predicted molar refractivity (Wildman–Crippen MR) is 159 cm³/mol. The molecule has 186 valence electrons. The van der Waals surface area contributed by atoms with Crippen LogP contribution in [-0.2, 0) is 16.2 Å². The Morgan fingerprint density at radius 2 is 0.472 bits per heavy atom. The molecule has 36 heavy (non-hydrogen) atoms. The van der Waals surface area contributed by atoms with Gasteiger partial charge in [0.15, 0.2) is 0 Å². The van der Waals surface area contributed by atoms with Crippen LogP contribution >= 0.6 is 0 Å². The molecule has 4 aromatic rings. The second kappa shape index (κ2) is 9.40. The van der Waals surface area contributed by atoms with Crippen molar-refractivity contribution in [1.29, 1.82) is 0 Å². The fraction of sp³-hybridized carbons (Fsp3) is 0.333. The first-order valence-corrected chi connectivity index (χ1v) is 13.2. The van der Waals surface area contributed by atoms with Gasteiger partial charge in [-0.15, -0.1) is 0 Å². The Labute approximate surface area is 219 Å². The van der Waals surface area contributed by atoms with Crippen LogP contribution in [0.2, 0.25) is 0 Å². The molecule has 0 atom stereocenters. The Balaban J connectivity index is 1.82. The molecule has 0 radical (unpaired) electrons. The molecule has 0 aliphatic heterocycles. The quantitative estimate of drug-likeness (QED) is 0.277. The van der Waals surface area contributed by atoms with Crippen LogP contribution in [0.4, 0.5) is 0 Å². The van der Waals surface area contributed by atoms with E-state index in [0.29, 0.717) is 0 Å². The first-order valence-electron chi connectivity index (χ1n) is 13.2. The van der Waals surface area contributed by atoms with Gasteiger partial charge in [-0.1, -0.05) is 135 Å². The lowest BCUT2D eigenvalue weighted by molar-refractivity contribution is 0.590. The molecule has 4 rings (SSSR count). The van der Waals surface area contributed by atoms with Gasteiger partial charge in [0.25, 0.3) is 0 Å². The minimum atomic E-state index is 0.148. The second-order valence-corrected chi connectivity index (χ2v) is 13.3. The van der Waals surface area contributed by atoms with Crippen LogP contribution in [0.5, 0.6) is 0 Å². The first kappa shape index (κ1) is 26.0. The Kier molecular flexibility index (Phi) is 6.78. The van der Waals surface area contributed by atoms with Gasteiger partial charge in [-0.3, -0.25) is 0 Å². The van der Waals surface area contributed by atoms with Gasteiger partial charge < -0.3 is 0 Å². The third-order valence-corrected chi connectivity index (χ3v) is 7.19. The lowest BCUT2D eigenvalue weighted by atomic mass is 9.84. The van der Waals surface area contributed by atoms with Gasteiger partial charge in [-0.05, 0) is 84.5 Å². The molecule has 0 aliphatic carbocycles. The van der Waals surface area contributed by atoms with Gasteiger partial charge in [-0.25, -0.2) is 0 Å². The molecule has 0 heteroatoms. The molecule has 0 aliphatic rings. The molecule has 0 heterocycles. The van der Waals surface area contributed by atoms with Gasteiger partial charge in [0.05, 0.1) is 0 Å². The summed E-state index contributed by atoms with van der Waals surface area (Å²) in [5, 5.41) is 0. The van der Waals surface area contributed by atoms with Crippen molar-refractivity contribution in [2.45, 2.75) is 78.6 Å². The van der Waals surface area contributed by atoms with Gasteiger partial charge >= 0.3 is 0 Å². The molecule has 0 aromatic heterocycles. The topological polar surface area (TPSA) is 0 Å². The van der Waals surface area contributed by atoms with Crippen LogP contribution in [0.25, 0.3) is 33.4 Å². The predicted octanol–water partition coefficient (Wildman–Crippen LogP) is 10.6. The van der Waals surface area contributed by atoms with E-state index < -0.39 is 0 Å². The summed E-state index contributed by atoms with van der Waals surface area (Å²) < 4.78 is 0. The van der Waals surface area contributed by atoms with Crippen molar-refractivity contribution < 1.29 is 0 Å². The fourth-order valence-corrected chi connectivity index (χ4v) is 4.62. The summed E-state index contributed by atoms with van der Waals surface area (Å²) in [5.74, 6) is 0.